The third-order valence-electron chi connectivity index (χ3n) is 0.143. The molecule has 1 atom stereocenters. The van der Waals surface area contributed by atoms with Gasteiger partial charge in [0.2, 0.25) is 0 Å². The molecular weight excluding hydrogens is 103 g/mol. The summed E-state index contributed by atoms with van der Waals surface area (Å²) in [7, 11) is 1.15. The van der Waals surface area contributed by atoms with E-state index in [4.69, 9.17) is 4.55 Å². The Balaban J connectivity index is 0. The Morgan fingerprint density at radius 3 is 2.00 bits per heavy atom. The molecule has 0 amide bonds. The molecule has 5 heteroatoms. The molecule has 0 aromatic carbocycles. The molecule has 0 fully saturated rings. The van der Waals surface area contributed by atoms with E-state index in [1.807, 2.05) is 0 Å². The van der Waals surface area contributed by atoms with Gasteiger partial charge < -0.3 is 0 Å². The van der Waals surface area contributed by atoms with Crippen LogP contribution in [0.15, 0.2) is 0 Å². The minimum absolute atomic E-state index is 0. The second-order valence-electron chi connectivity index (χ2n) is 0.384. The second-order valence-corrected chi connectivity index (χ2v) is 1.15. The summed E-state index contributed by atoms with van der Waals surface area (Å²) in [6.07, 6.45) is 0. The number of rotatable bonds is 1. The molecule has 0 aliphatic carbocycles. The first kappa shape index (κ1) is 9.46. The van der Waals surface area contributed by atoms with E-state index in [0.29, 0.717) is 0 Å². The molecule has 0 heterocycles. The highest BCUT2D eigenvalue weighted by atomic mass is 32.2. The Kier molecular flexibility index (Phi) is 8.10. The van der Waals surface area contributed by atoms with Gasteiger partial charge in [-0.05, 0) is 0 Å². The Hall–Kier alpha value is 0.135. The van der Waals surface area contributed by atoms with Crippen LogP contribution in [0.25, 0.3) is 0 Å². The van der Waals surface area contributed by atoms with Gasteiger partial charge in [0.25, 0.3) is 0 Å². The first-order valence-corrected chi connectivity index (χ1v) is 1.96. The third kappa shape index (κ3) is 8.92. The highest BCUT2D eigenvalue weighted by Crippen LogP contribution is 1.64. The van der Waals surface area contributed by atoms with Gasteiger partial charge in [-0.15, -0.1) is 0 Å². The van der Waals surface area contributed by atoms with Crippen LogP contribution in [0.4, 0.5) is 0 Å². The minimum Gasteiger partial charge on any atom is -0.284 e. The van der Waals surface area contributed by atoms with Crippen LogP contribution < -0.4 is 0 Å². The Labute approximate surface area is 40.8 Å². The van der Waals surface area contributed by atoms with Crippen LogP contribution in [0.2, 0.25) is 0 Å². The van der Waals surface area contributed by atoms with Crippen molar-refractivity contribution in [1.29, 1.82) is 0 Å². The van der Waals surface area contributed by atoms with Crippen molar-refractivity contribution in [3.05, 3.63) is 0 Å². The summed E-state index contributed by atoms with van der Waals surface area (Å²) in [5, 5.41) is 0. The molecule has 38 valence electrons. The van der Waals surface area contributed by atoms with Gasteiger partial charge in [0.15, 0.2) is 0 Å². The molecule has 0 aromatic heterocycles. The maximum Gasteiger partial charge on any atom is 0.301 e. The summed E-state index contributed by atoms with van der Waals surface area (Å²) in [5.41, 5.74) is 0. The molecule has 0 radical (unpaired) electrons. The molecule has 0 aliphatic rings. The zero-order valence-electron chi connectivity index (χ0n) is 2.67. The molecule has 0 aliphatic heterocycles. The third-order valence-corrected chi connectivity index (χ3v) is 0.428. The fraction of sp³-hybridized carbons (Fsp3) is 1.00. The zero-order chi connectivity index (χ0) is 4.28. The molecule has 3 nitrogen and oxygen atoms in total. The van der Waals surface area contributed by atoms with Crippen molar-refractivity contribution in [2.75, 3.05) is 7.11 Å². The Morgan fingerprint density at radius 2 is 2.00 bits per heavy atom. The molecule has 0 bridgehead atoms. The van der Waals surface area contributed by atoms with Gasteiger partial charge in [-0.25, -0.2) is 0 Å². The van der Waals surface area contributed by atoms with Crippen molar-refractivity contribution in [2.24, 2.45) is 0 Å². The van der Waals surface area contributed by atoms with Gasteiger partial charge >= 0.3 is 11.4 Å². The summed E-state index contributed by atoms with van der Waals surface area (Å²) in [6, 6.07) is 0. The van der Waals surface area contributed by atoms with E-state index in [1.165, 1.54) is 0 Å². The molecule has 0 rings (SSSR count). The number of hydrogen-bond acceptors (Lipinski definition) is 2. The van der Waals surface area contributed by atoms with Crippen LogP contribution >= 0.6 is 0 Å². The van der Waals surface area contributed by atoms with E-state index >= 15 is 0 Å². The predicted molar refractivity (Wildman–Crippen MR) is 27.7 cm³/mol. The summed E-state index contributed by atoms with van der Waals surface area (Å²) in [5.74, 6) is 0. The molecular formula is CH7BO3S. The minimum atomic E-state index is -2.07. The Morgan fingerprint density at radius 1 is 1.83 bits per heavy atom. The van der Waals surface area contributed by atoms with Crippen molar-refractivity contribution in [3.63, 3.8) is 0 Å². The second kappa shape index (κ2) is 5.13. The van der Waals surface area contributed by atoms with E-state index in [1.54, 1.807) is 0 Å². The monoisotopic (exact) mass is 110 g/mol. The first-order valence-electron chi connectivity index (χ1n) is 0.924. The van der Waals surface area contributed by atoms with E-state index < -0.39 is 11.4 Å². The van der Waals surface area contributed by atoms with Gasteiger partial charge in [0, 0.05) is 0 Å². The quantitative estimate of drug-likeness (QED) is 0.333. The first-order chi connectivity index (χ1) is 2.27. The molecule has 1 N–H and O–H groups in total. The van der Waals surface area contributed by atoms with Crippen LogP contribution in [0, 0.1) is 0 Å². The maximum absolute atomic E-state index is 9.26. The van der Waals surface area contributed by atoms with Crippen LogP contribution in [0.3, 0.4) is 0 Å². The van der Waals surface area contributed by atoms with Gasteiger partial charge in [-0.3, -0.25) is 8.74 Å². The summed E-state index contributed by atoms with van der Waals surface area (Å²) in [4.78, 5) is 0. The van der Waals surface area contributed by atoms with E-state index in [9.17, 15) is 4.21 Å². The van der Waals surface area contributed by atoms with Gasteiger partial charge in [-0.1, -0.05) is 0 Å². The lowest BCUT2D eigenvalue weighted by molar-refractivity contribution is 0.379. The van der Waals surface area contributed by atoms with Crippen molar-refractivity contribution >= 4 is 19.8 Å². The van der Waals surface area contributed by atoms with Crippen molar-refractivity contribution in [3.8, 4) is 0 Å². The predicted octanol–water partition coefficient (Wildman–Crippen LogP) is -1.41. The SMILES string of the molecule is B.COS(=O)O. The van der Waals surface area contributed by atoms with Crippen LogP contribution in [0.5, 0.6) is 0 Å². The maximum atomic E-state index is 9.26. The van der Waals surface area contributed by atoms with Crippen molar-refractivity contribution in [1.82, 2.24) is 0 Å². The molecule has 0 saturated heterocycles. The van der Waals surface area contributed by atoms with E-state index in [0.717, 1.165) is 7.11 Å². The van der Waals surface area contributed by atoms with Gasteiger partial charge in [0.05, 0.1) is 15.5 Å². The lowest BCUT2D eigenvalue weighted by Gasteiger charge is -1.76. The van der Waals surface area contributed by atoms with Crippen LogP contribution in [-0.2, 0) is 15.5 Å². The molecule has 6 heavy (non-hydrogen) atoms. The average Bonchev–Trinajstić information content (AvgIpc) is 1.38. The summed E-state index contributed by atoms with van der Waals surface area (Å²) < 4.78 is 20.6. The smallest absolute Gasteiger partial charge is 0.284 e. The lowest BCUT2D eigenvalue weighted by Crippen LogP contribution is -1.84. The van der Waals surface area contributed by atoms with Gasteiger partial charge in [0.1, 0.15) is 0 Å². The standard InChI is InChI=1S/CH4O3S.BH3/c1-4-5(2)3;/h1H3,(H,2,3);1H3. The van der Waals surface area contributed by atoms with Crippen molar-refractivity contribution < 1.29 is 12.9 Å². The molecule has 0 spiro atoms. The highest BCUT2D eigenvalue weighted by Gasteiger charge is 1.75. The summed E-state index contributed by atoms with van der Waals surface area (Å²) >= 11 is -2.07. The number of hydrogen-bond donors (Lipinski definition) is 1. The molecule has 0 aromatic rings. The van der Waals surface area contributed by atoms with E-state index in [-0.39, 0.29) is 8.41 Å². The van der Waals surface area contributed by atoms with E-state index in [2.05, 4.69) is 4.18 Å². The fourth-order valence-corrected chi connectivity index (χ4v) is 0. The lowest BCUT2D eigenvalue weighted by atomic mass is 10.8. The highest BCUT2D eigenvalue weighted by molar-refractivity contribution is 7.74. The van der Waals surface area contributed by atoms with Crippen molar-refractivity contribution in [2.45, 2.75) is 0 Å². The topological polar surface area (TPSA) is 46.5 Å². The van der Waals surface area contributed by atoms with Crippen LogP contribution in [0.1, 0.15) is 0 Å². The van der Waals surface area contributed by atoms with Crippen LogP contribution in [-0.4, -0.2) is 24.3 Å². The molecule has 0 saturated carbocycles. The Bertz CT molecular complexity index is 46.1. The normalized spacial score (nSPS) is 12.3. The zero-order valence-corrected chi connectivity index (χ0v) is 3.49. The molecule has 1 unspecified atom stereocenters. The summed E-state index contributed by atoms with van der Waals surface area (Å²) in [6.45, 7) is 0. The average molecular weight is 110 g/mol. The largest absolute Gasteiger partial charge is 0.301 e. The van der Waals surface area contributed by atoms with Gasteiger partial charge in [-0.2, -0.15) is 4.21 Å². The fourth-order valence-electron chi connectivity index (χ4n) is 0.